The van der Waals surface area contributed by atoms with Gasteiger partial charge in [-0.3, -0.25) is 9.59 Å². The Morgan fingerprint density at radius 2 is 1.88 bits per heavy atom. The van der Waals surface area contributed by atoms with E-state index in [0.29, 0.717) is 30.6 Å². The molecule has 1 aromatic rings. The molecule has 1 saturated heterocycles. The number of likely N-dealkylation sites (tertiary alicyclic amines) is 1. The van der Waals surface area contributed by atoms with Crippen molar-refractivity contribution in [3.05, 3.63) is 29.8 Å². The Morgan fingerprint density at radius 3 is 2.50 bits per heavy atom. The molecule has 2 rings (SSSR count). The largest absolute Gasteiger partial charge is 0.351 e. The fourth-order valence-electron chi connectivity index (χ4n) is 2.72. The zero-order valence-corrected chi connectivity index (χ0v) is 14.4. The molecule has 4 N–H and O–H groups in total. The van der Waals surface area contributed by atoms with Gasteiger partial charge in [0, 0.05) is 36.8 Å². The smallest absolute Gasteiger partial charge is 0.251 e. The van der Waals surface area contributed by atoms with E-state index in [4.69, 9.17) is 5.73 Å². The summed E-state index contributed by atoms with van der Waals surface area (Å²) in [4.78, 5) is 26.2. The van der Waals surface area contributed by atoms with Gasteiger partial charge in [0.1, 0.15) is 0 Å². The highest BCUT2D eigenvalue weighted by molar-refractivity contribution is 5.95. The molecule has 1 aliphatic heterocycles. The van der Waals surface area contributed by atoms with Gasteiger partial charge >= 0.3 is 0 Å². The van der Waals surface area contributed by atoms with Crippen LogP contribution in [0.5, 0.6) is 0 Å². The average molecular weight is 332 g/mol. The Balaban J connectivity index is 1.73. The lowest BCUT2D eigenvalue weighted by Crippen LogP contribution is -2.33. The lowest BCUT2D eigenvalue weighted by atomic mass is 10.1. The molecule has 0 bridgehead atoms. The number of carbonyl (C=O) groups is 2. The maximum Gasteiger partial charge on any atom is 0.251 e. The summed E-state index contributed by atoms with van der Waals surface area (Å²) in [5.74, 6) is -0.140. The molecule has 6 heteroatoms. The first-order valence-corrected chi connectivity index (χ1v) is 8.70. The summed E-state index contributed by atoms with van der Waals surface area (Å²) in [6.07, 6.45) is 3.57. The molecule has 1 aliphatic rings. The topological polar surface area (TPSA) is 87.5 Å². The Kier molecular flexibility index (Phi) is 7.21. The Hall–Kier alpha value is -1.92. The highest BCUT2D eigenvalue weighted by Gasteiger charge is 2.12. The van der Waals surface area contributed by atoms with Crippen LogP contribution in [-0.4, -0.2) is 48.9 Å². The summed E-state index contributed by atoms with van der Waals surface area (Å²) in [6, 6.07) is 6.97. The van der Waals surface area contributed by atoms with Gasteiger partial charge in [-0.15, -0.1) is 0 Å². The highest BCUT2D eigenvalue weighted by atomic mass is 16.2. The number of nitrogens with one attached hydrogen (secondary N) is 2. The third-order valence-electron chi connectivity index (χ3n) is 4.17. The third-order valence-corrected chi connectivity index (χ3v) is 4.17. The standard InChI is InChI=1S/C18H28N4O2/c1-14(19)4-9-17(23)21-16-7-5-15(6-8-16)18(24)20-10-13-22-11-2-3-12-22/h5-8,14H,2-4,9-13,19H2,1H3,(H,20,24)(H,21,23). The number of benzene rings is 1. The number of hydrogen-bond acceptors (Lipinski definition) is 4. The molecule has 1 atom stereocenters. The van der Waals surface area contributed by atoms with Gasteiger partial charge in [0.25, 0.3) is 5.91 Å². The highest BCUT2D eigenvalue weighted by Crippen LogP contribution is 2.11. The molecule has 1 heterocycles. The monoisotopic (exact) mass is 332 g/mol. The predicted octanol–water partition coefficient (Wildman–Crippen LogP) is 1.58. The van der Waals surface area contributed by atoms with Crippen molar-refractivity contribution in [2.45, 2.75) is 38.6 Å². The fraction of sp³-hybridized carbons (Fsp3) is 0.556. The van der Waals surface area contributed by atoms with Gasteiger partial charge in [0.05, 0.1) is 0 Å². The van der Waals surface area contributed by atoms with Crippen molar-refractivity contribution in [3.8, 4) is 0 Å². The van der Waals surface area contributed by atoms with Crippen LogP contribution in [0.2, 0.25) is 0 Å². The molecule has 0 saturated carbocycles. The number of amides is 2. The molecule has 1 aromatic carbocycles. The molecule has 0 aliphatic carbocycles. The van der Waals surface area contributed by atoms with Gasteiger partial charge in [-0.05, 0) is 63.5 Å². The predicted molar refractivity (Wildman–Crippen MR) is 96.0 cm³/mol. The number of nitrogens with zero attached hydrogens (tertiary/aromatic N) is 1. The minimum Gasteiger partial charge on any atom is -0.351 e. The SMILES string of the molecule is CC(N)CCC(=O)Nc1ccc(C(=O)NCCN2CCCC2)cc1. The van der Waals surface area contributed by atoms with E-state index < -0.39 is 0 Å². The van der Waals surface area contributed by atoms with Gasteiger partial charge < -0.3 is 21.3 Å². The van der Waals surface area contributed by atoms with Crippen molar-refractivity contribution in [1.29, 1.82) is 0 Å². The van der Waals surface area contributed by atoms with Crippen LogP contribution in [0.3, 0.4) is 0 Å². The molecule has 24 heavy (non-hydrogen) atoms. The third kappa shape index (κ3) is 6.29. The molecule has 0 spiro atoms. The van der Waals surface area contributed by atoms with Gasteiger partial charge in [0.15, 0.2) is 0 Å². The van der Waals surface area contributed by atoms with Crippen molar-refractivity contribution >= 4 is 17.5 Å². The lowest BCUT2D eigenvalue weighted by molar-refractivity contribution is -0.116. The van der Waals surface area contributed by atoms with E-state index in [0.717, 1.165) is 19.6 Å². The second-order valence-corrected chi connectivity index (χ2v) is 6.45. The molecule has 2 amide bonds. The van der Waals surface area contributed by atoms with Gasteiger partial charge in [-0.1, -0.05) is 0 Å². The van der Waals surface area contributed by atoms with Crippen molar-refractivity contribution < 1.29 is 9.59 Å². The van der Waals surface area contributed by atoms with Gasteiger partial charge in [0.2, 0.25) is 5.91 Å². The maximum absolute atomic E-state index is 12.1. The molecule has 0 radical (unpaired) electrons. The van der Waals surface area contributed by atoms with Crippen LogP contribution in [0.4, 0.5) is 5.69 Å². The van der Waals surface area contributed by atoms with Crippen molar-refractivity contribution in [1.82, 2.24) is 10.2 Å². The molecular weight excluding hydrogens is 304 g/mol. The molecule has 1 unspecified atom stereocenters. The quantitative estimate of drug-likeness (QED) is 0.674. The van der Waals surface area contributed by atoms with Crippen LogP contribution in [0.25, 0.3) is 0 Å². The van der Waals surface area contributed by atoms with Crippen LogP contribution >= 0.6 is 0 Å². The van der Waals surface area contributed by atoms with E-state index >= 15 is 0 Å². The molecule has 1 fully saturated rings. The van der Waals surface area contributed by atoms with Crippen molar-refractivity contribution in [2.24, 2.45) is 5.73 Å². The zero-order chi connectivity index (χ0) is 17.4. The van der Waals surface area contributed by atoms with E-state index in [-0.39, 0.29) is 17.9 Å². The van der Waals surface area contributed by atoms with E-state index in [1.54, 1.807) is 24.3 Å². The second kappa shape index (κ2) is 9.39. The maximum atomic E-state index is 12.1. The summed E-state index contributed by atoms with van der Waals surface area (Å²) in [5.41, 5.74) is 6.93. The van der Waals surface area contributed by atoms with E-state index in [1.807, 2.05) is 6.92 Å². The molecule has 132 valence electrons. The lowest BCUT2D eigenvalue weighted by Gasteiger charge is -2.14. The Labute approximate surface area is 143 Å². The van der Waals surface area contributed by atoms with Crippen LogP contribution in [0.1, 0.15) is 43.0 Å². The molecule has 0 aromatic heterocycles. The number of nitrogens with two attached hydrogens (primary N) is 1. The first-order valence-electron chi connectivity index (χ1n) is 8.70. The second-order valence-electron chi connectivity index (χ2n) is 6.45. The van der Waals surface area contributed by atoms with Gasteiger partial charge in [-0.2, -0.15) is 0 Å². The average Bonchev–Trinajstić information content (AvgIpc) is 3.07. The van der Waals surface area contributed by atoms with Crippen LogP contribution in [0, 0.1) is 0 Å². The van der Waals surface area contributed by atoms with Crippen LogP contribution < -0.4 is 16.4 Å². The summed E-state index contributed by atoms with van der Waals surface area (Å²) >= 11 is 0. The number of anilines is 1. The summed E-state index contributed by atoms with van der Waals surface area (Å²) in [5, 5.41) is 5.75. The van der Waals surface area contributed by atoms with Gasteiger partial charge in [-0.25, -0.2) is 0 Å². The van der Waals surface area contributed by atoms with E-state index in [9.17, 15) is 9.59 Å². The zero-order valence-electron chi connectivity index (χ0n) is 14.4. The number of rotatable bonds is 8. The summed E-state index contributed by atoms with van der Waals surface area (Å²) in [6.45, 7) is 5.71. The minimum absolute atomic E-state index is 0.0161. The molecule has 6 nitrogen and oxygen atoms in total. The van der Waals surface area contributed by atoms with Crippen molar-refractivity contribution in [2.75, 3.05) is 31.5 Å². The van der Waals surface area contributed by atoms with E-state index in [2.05, 4.69) is 15.5 Å². The molecular formula is C18H28N4O2. The Bertz CT molecular complexity index is 536. The fourth-order valence-corrected chi connectivity index (χ4v) is 2.72. The first-order chi connectivity index (χ1) is 11.5. The van der Waals surface area contributed by atoms with Crippen LogP contribution in [-0.2, 0) is 4.79 Å². The van der Waals surface area contributed by atoms with Crippen LogP contribution in [0.15, 0.2) is 24.3 Å². The normalized spacial score (nSPS) is 15.9. The summed E-state index contributed by atoms with van der Waals surface area (Å²) in [7, 11) is 0. The first kappa shape index (κ1) is 18.4. The Morgan fingerprint density at radius 1 is 1.21 bits per heavy atom. The number of carbonyl (C=O) groups excluding carboxylic acids is 2. The van der Waals surface area contributed by atoms with Crippen molar-refractivity contribution in [3.63, 3.8) is 0 Å². The summed E-state index contributed by atoms with van der Waals surface area (Å²) < 4.78 is 0. The number of hydrogen-bond donors (Lipinski definition) is 3. The minimum atomic E-state index is -0.0796. The van der Waals surface area contributed by atoms with E-state index in [1.165, 1.54) is 12.8 Å².